The second-order valence-corrected chi connectivity index (χ2v) is 5.84. The Morgan fingerprint density at radius 3 is 2.79 bits per heavy atom. The number of anilines is 1. The lowest BCUT2D eigenvalue weighted by Crippen LogP contribution is -2.52. The summed E-state index contributed by atoms with van der Waals surface area (Å²) < 4.78 is 5.90. The maximum atomic E-state index is 7.57. The van der Waals surface area contributed by atoms with Gasteiger partial charge in [-0.15, -0.1) is 0 Å². The highest BCUT2D eigenvalue weighted by Crippen LogP contribution is 2.25. The molecule has 104 valence electrons. The second-order valence-electron chi connectivity index (χ2n) is 5.84. The van der Waals surface area contributed by atoms with Crippen molar-refractivity contribution in [3.8, 4) is 0 Å². The molecule has 1 atom stereocenters. The molecule has 1 aliphatic heterocycles. The molecule has 1 aliphatic rings. The van der Waals surface area contributed by atoms with Crippen LogP contribution in [0.4, 0.5) is 5.82 Å². The van der Waals surface area contributed by atoms with Gasteiger partial charge in [-0.3, -0.25) is 5.41 Å². The van der Waals surface area contributed by atoms with Gasteiger partial charge in [-0.05, 0) is 39.8 Å². The Morgan fingerprint density at radius 1 is 1.53 bits per heavy atom. The van der Waals surface area contributed by atoms with Crippen molar-refractivity contribution in [2.75, 3.05) is 18.0 Å². The molecule has 0 bridgehead atoms. The van der Waals surface area contributed by atoms with E-state index in [2.05, 4.69) is 30.7 Å². The minimum absolute atomic E-state index is 0.0762. The van der Waals surface area contributed by atoms with Crippen LogP contribution >= 0.6 is 0 Å². The van der Waals surface area contributed by atoms with Gasteiger partial charge in [0, 0.05) is 24.3 Å². The summed E-state index contributed by atoms with van der Waals surface area (Å²) in [6, 6.07) is 3.71. The van der Waals surface area contributed by atoms with Crippen LogP contribution in [-0.4, -0.2) is 35.6 Å². The van der Waals surface area contributed by atoms with Crippen molar-refractivity contribution in [1.82, 2.24) is 4.98 Å². The van der Waals surface area contributed by atoms with Gasteiger partial charge in [0.1, 0.15) is 11.7 Å². The van der Waals surface area contributed by atoms with Crippen LogP contribution in [0.15, 0.2) is 12.1 Å². The number of nitrogen functional groups attached to an aromatic ring is 1. The summed E-state index contributed by atoms with van der Waals surface area (Å²) in [6.45, 7) is 9.73. The van der Waals surface area contributed by atoms with Crippen LogP contribution in [0.25, 0.3) is 0 Å². The lowest BCUT2D eigenvalue weighted by Gasteiger charge is -2.42. The van der Waals surface area contributed by atoms with Crippen molar-refractivity contribution in [1.29, 1.82) is 5.41 Å². The van der Waals surface area contributed by atoms with Crippen LogP contribution in [0.1, 0.15) is 32.0 Å². The molecular weight excluding hydrogens is 240 g/mol. The fraction of sp³-hybridized carbons (Fsp3) is 0.571. The largest absolute Gasteiger partial charge is 0.384 e. The predicted octanol–water partition coefficient (Wildman–Crippen LogP) is 1.68. The minimum Gasteiger partial charge on any atom is -0.384 e. The Balaban J connectivity index is 2.33. The molecule has 0 saturated carbocycles. The summed E-state index contributed by atoms with van der Waals surface area (Å²) in [5, 5.41) is 7.57. The van der Waals surface area contributed by atoms with Gasteiger partial charge in [0.2, 0.25) is 0 Å². The first-order chi connectivity index (χ1) is 8.77. The third-order valence-electron chi connectivity index (χ3n) is 3.14. The van der Waals surface area contributed by atoms with Crippen molar-refractivity contribution in [2.24, 2.45) is 5.73 Å². The first-order valence-corrected chi connectivity index (χ1v) is 6.53. The lowest BCUT2D eigenvalue weighted by atomic mass is 10.1. The van der Waals surface area contributed by atoms with E-state index in [1.807, 2.05) is 19.1 Å². The summed E-state index contributed by atoms with van der Waals surface area (Å²) in [7, 11) is 0. The summed E-state index contributed by atoms with van der Waals surface area (Å²) in [4.78, 5) is 6.76. The third-order valence-corrected chi connectivity index (χ3v) is 3.14. The standard InChI is InChI=1S/C14H22N4O/c1-9-5-11(13(15)16)6-12(17-9)18-7-10(2)19-14(3,4)8-18/h5-6,10H,7-8H2,1-4H3,(H3,15,16). The molecule has 0 aromatic carbocycles. The van der Waals surface area contributed by atoms with Gasteiger partial charge in [-0.25, -0.2) is 4.98 Å². The highest BCUT2D eigenvalue weighted by Gasteiger charge is 2.32. The molecular formula is C14H22N4O. The van der Waals surface area contributed by atoms with Gasteiger partial charge in [-0.2, -0.15) is 0 Å². The van der Waals surface area contributed by atoms with Crippen LogP contribution in [-0.2, 0) is 4.74 Å². The average Bonchev–Trinajstić information content (AvgIpc) is 2.25. The molecule has 2 heterocycles. The van der Waals surface area contributed by atoms with Crippen molar-refractivity contribution >= 4 is 11.7 Å². The number of amidine groups is 1. The van der Waals surface area contributed by atoms with E-state index in [4.69, 9.17) is 15.9 Å². The maximum absolute atomic E-state index is 7.57. The molecule has 5 heteroatoms. The maximum Gasteiger partial charge on any atom is 0.129 e. The SMILES string of the molecule is Cc1cc(C(=N)N)cc(N2CC(C)OC(C)(C)C2)n1. The summed E-state index contributed by atoms with van der Waals surface area (Å²) >= 11 is 0. The molecule has 0 spiro atoms. The summed E-state index contributed by atoms with van der Waals surface area (Å²) in [5.74, 6) is 0.945. The van der Waals surface area contributed by atoms with Gasteiger partial charge >= 0.3 is 0 Å². The Morgan fingerprint density at radius 2 is 2.21 bits per heavy atom. The number of aromatic nitrogens is 1. The fourth-order valence-corrected chi connectivity index (χ4v) is 2.60. The average molecular weight is 262 g/mol. The van der Waals surface area contributed by atoms with Gasteiger partial charge in [-0.1, -0.05) is 0 Å². The number of ether oxygens (including phenoxy) is 1. The van der Waals surface area contributed by atoms with Crippen molar-refractivity contribution in [2.45, 2.75) is 39.4 Å². The van der Waals surface area contributed by atoms with Crippen LogP contribution in [0, 0.1) is 12.3 Å². The first-order valence-electron chi connectivity index (χ1n) is 6.53. The van der Waals surface area contributed by atoms with Gasteiger partial charge in [0.05, 0.1) is 11.7 Å². The topological polar surface area (TPSA) is 75.2 Å². The number of morpholine rings is 1. The highest BCUT2D eigenvalue weighted by molar-refractivity contribution is 5.95. The van der Waals surface area contributed by atoms with Crippen LogP contribution in [0.3, 0.4) is 0 Å². The van der Waals surface area contributed by atoms with Crippen LogP contribution < -0.4 is 10.6 Å². The number of nitrogens with zero attached hydrogens (tertiary/aromatic N) is 2. The zero-order valence-electron chi connectivity index (χ0n) is 12.0. The molecule has 1 saturated heterocycles. The number of aryl methyl sites for hydroxylation is 1. The number of nitrogens with one attached hydrogen (secondary N) is 1. The smallest absolute Gasteiger partial charge is 0.129 e. The number of hydrogen-bond donors (Lipinski definition) is 2. The van der Waals surface area contributed by atoms with Gasteiger partial charge in [0.25, 0.3) is 0 Å². The Hall–Kier alpha value is -1.62. The van der Waals surface area contributed by atoms with E-state index >= 15 is 0 Å². The molecule has 0 amide bonds. The van der Waals surface area contributed by atoms with Crippen LogP contribution in [0.2, 0.25) is 0 Å². The molecule has 1 aromatic rings. The monoisotopic (exact) mass is 262 g/mol. The van der Waals surface area contributed by atoms with E-state index in [9.17, 15) is 0 Å². The summed E-state index contributed by atoms with van der Waals surface area (Å²) in [6.07, 6.45) is 0.159. The molecule has 1 aromatic heterocycles. The van der Waals surface area contributed by atoms with Crippen molar-refractivity contribution in [3.63, 3.8) is 0 Å². The zero-order chi connectivity index (χ0) is 14.2. The van der Waals surface area contributed by atoms with E-state index in [1.54, 1.807) is 0 Å². The van der Waals surface area contributed by atoms with E-state index < -0.39 is 0 Å². The third kappa shape index (κ3) is 3.23. The van der Waals surface area contributed by atoms with Crippen molar-refractivity contribution < 1.29 is 4.74 Å². The molecule has 0 aliphatic carbocycles. The number of rotatable bonds is 2. The van der Waals surface area contributed by atoms with E-state index in [1.165, 1.54) is 0 Å². The molecule has 3 N–H and O–H groups in total. The number of nitrogens with two attached hydrogens (primary N) is 1. The molecule has 2 rings (SSSR count). The molecule has 5 nitrogen and oxygen atoms in total. The first kappa shape index (κ1) is 13.8. The summed E-state index contributed by atoms with van der Waals surface area (Å²) in [5.41, 5.74) is 6.98. The fourth-order valence-electron chi connectivity index (χ4n) is 2.60. The number of pyridine rings is 1. The lowest BCUT2D eigenvalue weighted by molar-refractivity contribution is -0.0751. The quantitative estimate of drug-likeness (QED) is 0.628. The minimum atomic E-state index is -0.195. The van der Waals surface area contributed by atoms with Gasteiger partial charge < -0.3 is 15.4 Å². The van der Waals surface area contributed by atoms with Crippen molar-refractivity contribution in [3.05, 3.63) is 23.4 Å². The van der Waals surface area contributed by atoms with E-state index in [0.717, 1.165) is 30.2 Å². The van der Waals surface area contributed by atoms with Crippen LogP contribution in [0.5, 0.6) is 0 Å². The zero-order valence-corrected chi connectivity index (χ0v) is 12.0. The Bertz CT molecular complexity index is 498. The Kier molecular flexibility index (Phi) is 3.49. The molecule has 1 fully saturated rings. The van der Waals surface area contributed by atoms with Gasteiger partial charge in [0.15, 0.2) is 0 Å². The predicted molar refractivity (Wildman–Crippen MR) is 76.8 cm³/mol. The molecule has 0 radical (unpaired) electrons. The number of hydrogen-bond acceptors (Lipinski definition) is 4. The molecule has 1 unspecified atom stereocenters. The van der Waals surface area contributed by atoms with E-state index in [-0.39, 0.29) is 17.5 Å². The Labute approximate surface area is 114 Å². The van der Waals surface area contributed by atoms with E-state index in [0.29, 0.717) is 0 Å². The second kappa shape index (κ2) is 4.81. The normalized spacial score (nSPS) is 22.3. The highest BCUT2D eigenvalue weighted by atomic mass is 16.5. The molecule has 19 heavy (non-hydrogen) atoms.